The molecule has 3 rings (SSSR count). The van der Waals surface area contributed by atoms with E-state index < -0.39 is 0 Å². The van der Waals surface area contributed by atoms with Crippen LogP contribution in [0.2, 0.25) is 0 Å². The Morgan fingerprint density at radius 2 is 2.17 bits per heavy atom. The summed E-state index contributed by atoms with van der Waals surface area (Å²) in [6, 6.07) is 12.2. The molecule has 90 valence electrons. The molecule has 3 nitrogen and oxygen atoms in total. The van der Waals surface area contributed by atoms with Gasteiger partial charge in [0.05, 0.1) is 4.88 Å². The summed E-state index contributed by atoms with van der Waals surface area (Å²) in [5, 5.41) is 9.26. The lowest BCUT2D eigenvalue weighted by Crippen LogP contribution is -1.90. The SMILES string of the molecule is Brc1cccc(Cc2nc(-c3cccs3)n[nH]2)c1. The van der Waals surface area contributed by atoms with Crippen molar-refractivity contribution in [1.82, 2.24) is 15.2 Å². The lowest BCUT2D eigenvalue weighted by Gasteiger charge is -1.97. The first-order valence-electron chi connectivity index (χ1n) is 5.51. The van der Waals surface area contributed by atoms with Gasteiger partial charge in [-0.2, -0.15) is 5.10 Å². The highest BCUT2D eigenvalue weighted by atomic mass is 79.9. The standard InChI is InChI=1S/C13H10BrN3S/c14-10-4-1-3-9(7-10)8-12-15-13(17-16-12)11-5-2-6-18-11/h1-7H,8H2,(H,15,16,17). The van der Waals surface area contributed by atoms with E-state index in [1.165, 1.54) is 5.56 Å². The van der Waals surface area contributed by atoms with Crippen molar-refractivity contribution in [3.05, 3.63) is 57.6 Å². The van der Waals surface area contributed by atoms with E-state index in [2.05, 4.69) is 43.2 Å². The summed E-state index contributed by atoms with van der Waals surface area (Å²) in [4.78, 5) is 5.60. The van der Waals surface area contributed by atoms with E-state index in [-0.39, 0.29) is 0 Å². The van der Waals surface area contributed by atoms with Crippen molar-refractivity contribution < 1.29 is 0 Å². The molecule has 0 amide bonds. The van der Waals surface area contributed by atoms with Crippen LogP contribution in [0.15, 0.2) is 46.3 Å². The number of aromatic amines is 1. The zero-order valence-corrected chi connectivity index (χ0v) is 11.8. The van der Waals surface area contributed by atoms with Gasteiger partial charge in [-0.3, -0.25) is 5.10 Å². The molecule has 0 aliphatic heterocycles. The Morgan fingerprint density at radius 1 is 1.22 bits per heavy atom. The predicted octanol–water partition coefficient (Wildman–Crippen LogP) is 3.89. The number of hydrogen-bond acceptors (Lipinski definition) is 3. The molecule has 0 spiro atoms. The van der Waals surface area contributed by atoms with Gasteiger partial charge in [0.1, 0.15) is 5.82 Å². The van der Waals surface area contributed by atoms with Gasteiger partial charge in [0, 0.05) is 10.9 Å². The van der Waals surface area contributed by atoms with Crippen LogP contribution < -0.4 is 0 Å². The average molecular weight is 320 g/mol. The molecule has 2 heterocycles. The molecular formula is C13H10BrN3S. The Labute approximate surface area is 117 Å². The largest absolute Gasteiger partial charge is 0.262 e. The molecule has 0 unspecified atom stereocenters. The van der Waals surface area contributed by atoms with Gasteiger partial charge in [0.15, 0.2) is 5.82 Å². The summed E-state index contributed by atoms with van der Waals surface area (Å²) < 4.78 is 1.08. The average Bonchev–Trinajstić information content (AvgIpc) is 2.98. The zero-order valence-electron chi connectivity index (χ0n) is 9.43. The normalized spacial score (nSPS) is 10.7. The Morgan fingerprint density at radius 3 is 2.94 bits per heavy atom. The van der Waals surface area contributed by atoms with Crippen molar-refractivity contribution in [2.24, 2.45) is 0 Å². The van der Waals surface area contributed by atoms with Crippen LogP contribution in [0.25, 0.3) is 10.7 Å². The quantitative estimate of drug-likeness (QED) is 0.795. The summed E-state index contributed by atoms with van der Waals surface area (Å²) >= 11 is 5.11. The molecule has 0 bridgehead atoms. The van der Waals surface area contributed by atoms with Gasteiger partial charge < -0.3 is 0 Å². The summed E-state index contributed by atoms with van der Waals surface area (Å²) in [5.74, 6) is 1.66. The highest BCUT2D eigenvalue weighted by Crippen LogP contribution is 2.21. The summed E-state index contributed by atoms with van der Waals surface area (Å²) in [6.45, 7) is 0. The van der Waals surface area contributed by atoms with Crippen molar-refractivity contribution in [2.45, 2.75) is 6.42 Å². The second kappa shape index (κ2) is 5.04. The summed E-state index contributed by atoms with van der Waals surface area (Å²) in [7, 11) is 0. The number of hydrogen-bond donors (Lipinski definition) is 1. The van der Waals surface area contributed by atoms with Crippen LogP contribution in [0, 0.1) is 0 Å². The molecule has 0 radical (unpaired) electrons. The molecule has 0 fully saturated rings. The van der Waals surface area contributed by atoms with Gasteiger partial charge in [-0.05, 0) is 29.1 Å². The molecule has 1 aromatic carbocycles. The van der Waals surface area contributed by atoms with E-state index in [4.69, 9.17) is 0 Å². The van der Waals surface area contributed by atoms with Crippen molar-refractivity contribution in [2.75, 3.05) is 0 Å². The van der Waals surface area contributed by atoms with Crippen molar-refractivity contribution >= 4 is 27.3 Å². The molecule has 0 saturated carbocycles. The van der Waals surface area contributed by atoms with Crippen molar-refractivity contribution in [1.29, 1.82) is 0 Å². The second-order valence-corrected chi connectivity index (χ2v) is 5.75. The predicted molar refractivity (Wildman–Crippen MR) is 76.6 cm³/mol. The maximum atomic E-state index is 4.51. The van der Waals surface area contributed by atoms with E-state index in [1.807, 2.05) is 29.6 Å². The number of H-pyrrole nitrogens is 1. The fraction of sp³-hybridized carbons (Fsp3) is 0.0769. The number of nitrogens with one attached hydrogen (secondary N) is 1. The Bertz CT molecular complexity index is 646. The van der Waals surface area contributed by atoms with Crippen LogP contribution in [-0.4, -0.2) is 15.2 Å². The maximum absolute atomic E-state index is 4.51. The third-order valence-corrected chi connectivity index (χ3v) is 3.89. The van der Waals surface area contributed by atoms with Crippen LogP contribution >= 0.6 is 27.3 Å². The van der Waals surface area contributed by atoms with E-state index in [9.17, 15) is 0 Å². The first kappa shape index (κ1) is 11.6. The van der Waals surface area contributed by atoms with Gasteiger partial charge in [-0.15, -0.1) is 11.3 Å². The zero-order chi connectivity index (χ0) is 12.4. The second-order valence-electron chi connectivity index (χ2n) is 3.89. The summed E-state index contributed by atoms with van der Waals surface area (Å²) in [6.07, 6.45) is 0.762. The minimum atomic E-state index is 0.762. The van der Waals surface area contributed by atoms with Gasteiger partial charge in [0.2, 0.25) is 0 Å². The fourth-order valence-electron chi connectivity index (χ4n) is 1.73. The Balaban J connectivity index is 1.82. The Kier molecular flexibility index (Phi) is 3.25. The lowest BCUT2D eigenvalue weighted by molar-refractivity contribution is 0.972. The first-order chi connectivity index (χ1) is 8.81. The van der Waals surface area contributed by atoms with Gasteiger partial charge >= 0.3 is 0 Å². The van der Waals surface area contributed by atoms with Gasteiger partial charge in [-0.1, -0.05) is 34.1 Å². The van der Waals surface area contributed by atoms with Gasteiger partial charge in [0.25, 0.3) is 0 Å². The number of thiophene rings is 1. The number of nitrogens with zero attached hydrogens (tertiary/aromatic N) is 2. The monoisotopic (exact) mass is 319 g/mol. The topological polar surface area (TPSA) is 41.6 Å². The molecule has 0 atom stereocenters. The molecule has 0 saturated heterocycles. The molecule has 5 heteroatoms. The highest BCUT2D eigenvalue weighted by molar-refractivity contribution is 9.10. The molecule has 0 aliphatic rings. The minimum absolute atomic E-state index is 0.762. The summed E-state index contributed by atoms with van der Waals surface area (Å²) in [5.41, 5.74) is 1.21. The molecule has 3 aromatic rings. The van der Waals surface area contributed by atoms with E-state index in [0.717, 1.165) is 27.4 Å². The van der Waals surface area contributed by atoms with Gasteiger partial charge in [-0.25, -0.2) is 4.98 Å². The van der Waals surface area contributed by atoms with Crippen LogP contribution in [0.3, 0.4) is 0 Å². The lowest BCUT2D eigenvalue weighted by atomic mass is 10.1. The van der Waals surface area contributed by atoms with Crippen molar-refractivity contribution in [3.63, 3.8) is 0 Å². The van der Waals surface area contributed by atoms with E-state index >= 15 is 0 Å². The Hall–Kier alpha value is -1.46. The maximum Gasteiger partial charge on any atom is 0.191 e. The van der Waals surface area contributed by atoms with Crippen LogP contribution in [0.1, 0.15) is 11.4 Å². The number of benzene rings is 1. The highest BCUT2D eigenvalue weighted by Gasteiger charge is 2.07. The van der Waals surface area contributed by atoms with E-state index in [0.29, 0.717) is 0 Å². The van der Waals surface area contributed by atoms with Crippen LogP contribution in [0.5, 0.6) is 0 Å². The first-order valence-corrected chi connectivity index (χ1v) is 7.18. The number of aromatic nitrogens is 3. The minimum Gasteiger partial charge on any atom is -0.262 e. The number of rotatable bonds is 3. The number of halogens is 1. The molecule has 1 N–H and O–H groups in total. The third-order valence-electron chi connectivity index (χ3n) is 2.53. The smallest absolute Gasteiger partial charge is 0.191 e. The molecule has 0 aliphatic carbocycles. The third kappa shape index (κ3) is 2.52. The van der Waals surface area contributed by atoms with Crippen LogP contribution in [-0.2, 0) is 6.42 Å². The fourth-order valence-corrected chi connectivity index (χ4v) is 2.83. The molecule has 18 heavy (non-hydrogen) atoms. The van der Waals surface area contributed by atoms with Crippen molar-refractivity contribution in [3.8, 4) is 10.7 Å². The van der Waals surface area contributed by atoms with E-state index in [1.54, 1.807) is 11.3 Å². The molecular weight excluding hydrogens is 310 g/mol. The van der Waals surface area contributed by atoms with Crippen LogP contribution in [0.4, 0.5) is 0 Å². The molecule has 2 aromatic heterocycles.